The minimum atomic E-state index is -0.401. The summed E-state index contributed by atoms with van der Waals surface area (Å²) in [6.45, 7) is 0.0621. The Morgan fingerprint density at radius 3 is 2.69 bits per heavy atom. The Morgan fingerprint density at radius 1 is 1.12 bits per heavy atom. The zero-order valence-corrected chi connectivity index (χ0v) is 8.41. The number of benzene rings is 2. The van der Waals surface area contributed by atoms with Crippen LogP contribution in [0.3, 0.4) is 0 Å². The van der Waals surface area contributed by atoms with E-state index in [0.29, 0.717) is 5.56 Å². The van der Waals surface area contributed by atoms with Crippen LogP contribution in [0.2, 0.25) is 0 Å². The molecule has 0 N–H and O–H groups in total. The largest absolute Gasteiger partial charge is 0.488 e. The Kier molecular flexibility index (Phi) is 3.15. The second-order valence-corrected chi connectivity index (χ2v) is 3.25. The van der Waals surface area contributed by atoms with Crippen LogP contribution in [0.5, 0.6) is 5.75 Å². The van der Waals surface area contributed by atoms with Gasteiger partial charge in [-0.1, -0.05) is 18.2 Å². The Balaban J connectivity index is 2.05. The summed E-state index contributed by atoms with van der Waals surface area (Å²) >= 11 is 0. The zero-order chi connectivity index (χ0) is 11.4. The van der Waals surface area contributed by atoms with Crippen LogP contribution >= 0.6 is 0 Å². The van der Waals surface area contributed by atoms with Crippen molar-refractivity contribution < 1.29 is 13.5 Å². The molecule has 0 aliphatic rings. The average Bonchev–Trinajstić information content (AvgIpc) is 2.28. The summed E-state index contributed by atoms with van der Waals surface area (Å²) < 4.78 is 31.2. The molecule has 0 fully saturated rings. The van der Waals surface area contributed by atoms with Gasteiger partial charge in [0.05, 0.1) is 0 Å². The van der Waals surface area contributed by atoms with Crippen LogP contribution in [-0.4, -0.2) is 0 Å². The van der Waals surface area contributed by atoms with Gasteiger partial charge in [0.15, 0.2) is 0 Å². The Morgan fingerprint density at radius 2 is 1.94 bits per heavy atom. The molecule has 0 saturated carbocycles. The highest BCUT2D eigenvalue weighted by Gasteiger charge is 2.02. The number of rotatable bonds is 3. The van der Waals surface area contributed by atoms with E-state index in [9.17, 15) is 8.78 Å². The first-order chi connectivity index (χ1) is 7.75. The standard InChI is InChI=1S/C13H9F2O/c14-11-5-3-6-12(8-11)16-9-10-4-1-2-7-13(10)15/h1-5,7-8H,9H2. The van der Waals surface area contributed by atoms with Crippen LogP contribution in [-0.2, 0) is 6.61 Å². The van der Waals surface area contributed by atoms with Gasteiger partial charge in [-0.05, 0) is 18.2 Å². The van der Waals surface area contributed by atoms with Crippen molar-refractivity contribution in [3.63, 3.8) is 0 Å². The molecule has 0 amide bonds. The number of halogens is 2. The van der Waals surface area contributed by atoms with Crippen molar-refractivity contribution in [1.82, 2.24) is 0 Å². The molecule has 2 aromatic carbocycles. The lowest BCUT2D eigenvalue weighted by molar-refractivity contribution is 0.297. The number of ether oxygens (including phenoxy) is 1. The molecule has 0 aliphatic carbocycles. The highest BCUT2D eigenvalue weighted by molar-refractivity contribution is 5.22. The lowest BCUT2D eigenvalue weighted by atomic mass is 10.2. The molecule has 2 aromatic rings. The van der Waals surface area contributed by atoms with Crippen molar-refractivity contribution in [2.45, 2.75) is 6.61 Å². The van der Waals surface area contributed by atoms with Gasteiger partial charge in [-0.2, -0.15) is 0 Å². The van der Waals surface area contributed by atoms with Crippen molar-refractivity contribution in [2.24, 2.45) is 0 Å². The van der Waals surface area contributed by atoms with E-state index in [2.05, 4.69) is 6.07 Å². The maximum absolute atomic E-state index is 13.2. The Bertz CT molecular complexity index is 483. The van der Waals surface area contributed by atoms with Gasteiger partial charge in [-0.15, -0.1) is 0 Å². The van der Waals surface area contributed by atoms with Crippen LogP contribution in [0.1, 0.15) is 5.56 Å². The lowest BCUT2D eigenvalue weighted by Crippen LogP contribution is -1.98. The van der Waals surface area contributed by atoms with Gasteiger partial charge in [-0.25, -0.2) is 8.78 Å². The van der Waals surface area contributed by atoms with Gasteiger partial charge < -0.3 is 4.74 Å². The van der Waals surface area contributed by atoms with E-state index in [1.54, 1.807) is 18.2 Å². The molecule has 3 heteroatoms. The van der Waals surface area contributed by atoms with E-state index >= 15 is 0 Å². The fourth-order valence-electron chi connectivity index (χ4n) is 1.27. The SMILES string of the molecule is Fc1cc[c]c(OCc2ccccc2F)c1. The summed E-state index contributed by atoms with van der Waals surface area (Å²) in [6, 6.07) is 12.9. The van der Waals surface area contributed by atoms with Crippen LogP contribution in [0.25, 0.3) is 0 Å². The van der Waals surface area contributed by atoms with Crippen molar-refractivity contribution in [1.29, 1.82) is 0 Å². The normalized spacial score (nSPS) is 10.1. The quantitative estimate of drug-likeness (QED) is 0.769. The van der Waals surface area contributed by atoms with E-state index in [4.69, 9.17) is 4.74 Å². The Hall–Kier alpha value is -1.90. The summed E-state index contributed by atoms with van der Waals surface area (Å²) in [5, 5.41) is 0. The maximum atomic E-state index is 13.2. The first-order valence-corrected chi connectivity index (χ1v) is 4.79. The van der Waals surface area contributed by atoms with Crippen molar-refractivity contribution >= 4 is 0 Å². The second kappa shape index (κ2) is 4.75. The van der Waals surface area contributed by atoms with Crippen LogP contribution < -0.4 is 4.74 Å². The van der Waals surface area contributed by atoms with E-state index in [1.807, 2.05) is 0 Å². The third-order valence-corrected chi connectivity index (χ3v) is 2.08. The number of hydrogen-bond acceptors (Lipinski definition) is 1. The van der Waals surface area contributed by atoms with Crippen molar-refractivity contribution in [2.75, 3.05) is 0 Å². The molecule has 0 atom stereocenters. The Labute approximate surface area is 92.3 Å². The maximum Gasteiger partial charge on any atom is 0.130 e. The molecule has 0 aliphatic heterocycles. The molecule has 81 valence electrons. The number of hydrogen-bond donors (Lipinski definition) is 0. The van der Waals surface area contributed by atoms with Gasteiger partial charge in [0.25, 0.3) is 0 Å². The fraction of sp³-hybridized carbons (Fsp3) is 0.0769. The topological polar surface area (TPSA) is 9.23 Å². The highest BCUT2D eigenvalue weighted by atomic mass is 19.1. The predicted molar refractivity (Wildman–Crippen MR) is 56.0 cm³/mol. The summed E-state index contributed by atoms with van der Waals surface area (Å²) in [4.78, 5) is 0. The molecule has 0 spiro atoms. The third-order valence-electron chi connectivity index (χ3n) is 2.08. The van der Waals surface area contributed by atoms with Crippen LogP contribution in [0, 0.1) is 17.7 Å². The monoisotopic (exact) mass is 219 g/mol. The van der Waals surface area contributed by atoms with Crippen LogP contribution in [0.4, 0.5) is 8.78 Å². The molecule has 0 aromatic heterocycles. The molecule has 2 rings (SSSR count). The first-order valence-electron chi connectivity index (χ1n) is 4.79. The van der Waals surface area contributed by atoms with E-state index in [1.165, 1.54) is 24.3 Å². The van der Waals surface area contributed by atoms with Gasteiger partial charge in [0.1, 0.15) is 24.0 Å². The summed E-state index contributed by atoms with van der Waals surface area (Å²) in [7, 11) is 0. The highest BCUT2D eigenvalue weighted by Crippen LogP contribution is 2.14. The predicted octanol–water partition coefficient (Wildman–Crippen LogP) is 3.34. The molecular weight excluding hydrogens is 210 g/mol. The smallest absolute Gasteiger partial charge is 0.130 e. The molecule has 0 saturated heterocycles. The molecule has 1 nitrogen and oxygen atoms in total. The van der Waals surface area contributed by atoms with Crippen molar-refractivity contribution in [3.8, 4) is 5.75 Å². The average molecular weight is 219 g/mol. The molecule has 1 radical (unpaired) electrons. The van der Waals surface area contributed by atoms with Gasteiger partial charge in [0.2, 0.25) is 0 Å². The van der Waals surface area contributed by atoms with E-state index in [0.717, 1.165) is 0 Å². The summed E-state index contributed by atoms with van der Waals surface area (Å²) in [5.41, 5.74) is 0.431. The van der Waals surface area contributed by atoms with E-state index in [-0.39, 0.29) is 18.2 Å². The van der Waals surface area contributed by atoms with Crippen molar-refractivity contribution in [3.05, 3.63) is 65.7 Å². The van der Waals surface area contributed by atoms with Gasteiger partial charge in [-0.3, -0.25) is 0 Å². The summed E-state index contributed by atoms with van der Waals surface area (Å²) in [5.74, 6) is -0.468. The molecular formula is C13H9F2O. The zero-order valence-electron chi connectivity index (χ0n) is 8.41. The second-order valence-electron chi connectivity index (χ2n) is 3.25. The van der Waals surface area contributed by atoms with Gasteiger partial charge in [0, 0.05) is 17.7 Å². The van der Waals surface area contributed by atoms with E-state index < -0.39 is 5.82 Å². The minimum Gasteiger partial charge on any atom is -0.488 e. The molecule has 0 heterocycles. The van der Waals surface area contributed by atoms with Crippen LogP contribution in [0.15, 0.2) is 42.5 Å². The molecule has 16 heavy (non-hydrogen) atoms. The molecule has 0 unspecified atom stereocenters. The minimum absolute atomic E-state index is 0.0621. The lowest BCUT2D eigenvalue weighted by Gasteiger charge is -2.06. The third kappa shape index (κ3) is 2.57. The first kappa shape index (κ1) is 10.6. The molecule has 0 bridgehead atoms. The summed E-state index contributed by atoms with van der Waals surface area (Å²) in [6.07, 6.45) is 0. The fourth-order valence-corrected chi connectivity index (χ4v) is 1.27. The van der Waals surface area contributed by atoms with Gasteiger partial charge >= 0.3 is 0 Å².